The Morgan fingerprint density at radius 3 is 2.72 bits per heavy atom. The van der Waals surface area contributed by atoms with E-state index < -0.39 is 0 Å². The first kappa shape index (κ1) is 13.5. The van der Waals surface area contributed by atoms with Gasteiger partial charge in [0.2, 0.25) is 11.8 Å². The number of hydrogen-bond donors (Lipinski definition) is 1. The lowest BCUT2D eigenvalue weighted by Gasteiger charge is -2.42. The molecule has 0 saturated carbocycles. The average molecular weight is 252 g/mol. The van der Waals surface area contributed by atoms with E-state index in [9.17, 15) is 9.59 Å². The lowest BCUT2D eigenvalue weighted by Crippen LogP contribution is -2.52. The maximum Gasteiger partial charge on any atom is 0.230 e. The Bertz CT molecular complexity index is 343. The molecular weight excluding hydrogens is 228 g/mol. The maximum atomic E-state index is 12.0. The molecule has 2 amide bonds. The van der Waals surface area contributed by atoms with Gasteiger partial charge in [-0.15, -0.1) is 0 Å². The van der Waals surface area contributed by atoms with Crippen LogP contribution < -0.4 is 5.32 Å². The maximum absolute atomic E-state index is 12.0. The minimum absolute atomic E-state index is 0.0204. The minimum atomic E-state index is -0.0744. The topological polar surface area (TPSA) is 49.4 Å². The van der Waals surface area contributed by atoms with Crippen LogP contribution in [0.2, 0.25) is 0 Å². The first-order valence-corrected chi connectivity index (χ1v) is 7.17. The molecule has 2 aliphatic rings. The highest BCUT2D eigenvalue weighted by Gasteiger charge is 2.47. The second-order valence-corrected chi connectivity index (χ2v) is 5.70. The molecular formula is C14H24N2O2. The van der Waals surface area contributed by atoms with Crippen molar-refractivity contribution in [1.29, 1.82) is 0 Å². The van der Waals surface area contributed by atoms with Gasteiger partial charge in [0.25, 0.3) is 0 Å². The third-order valence-corrected chi connectivity index (χ3v) is 4.76. The van der Waals surface area contributed by atoms with E-state index in [0.29, 0.717) is 6.42 Å². The van der Waals surface area contributed by atoms with Gasteiger partial charge in [0, 0.05) is 12.3 Å². The third-order valence-electron chi connectivity index (χ3n) is 4.76. The van der Waals surface area contributed by atoms with Crippen LogP contribution in [0.3, 0.4) is 0 Å². The predicted molar refractivity (Wildman–Crippen MR) is 69.9 cm³/mol. The smallest absolute Gasteiger partial charge is 0.230 e. The summed E-state index contributed by atoms with van der Waals surface area (Å²) in [5, 5.41) is 2.51. The average Bonchev–Trinajstić information content (AvgIpc) is 2.51. The van der Waals surface area contributed by atoms with Gasteiger partial charge in [-0.3, -0.25) is 14.9 Å². The molecule has 1 spiro atoms. The number of rotatable bonds is 2. The molecule has 1 N–H and O–H groups in total. The molecule has 2 saturated heterocycles. The van der Waals surface area contributed by atoms with Gasteiger partial charge in [0.05, 0.1) is 0 Å². The fraction of sp³-hybridized carbons (Fsp3) is 0.857. The van der Waals surface area contributed by atoms with Crippen LogP contribution in [-0.4, -0.2) is 36.3 Å². The molecule has 102 valence electrons. The first-order chi connectivity index (χ1) is 8.61. The van der Waals surface area contributed by atoms with Crippen LogP contribution >= 0.6 is 0 Å². The highest BCUT2D eigenvalue weighted by atomic mass is 16.2. The lowest BCUT2D eigenvalue weighted by molar-refractivity contribution is -0.144. The Morgan fingerprint density at radius 1 is 1.28 bits per heavy atom. The fourth-order valence-electron chi connectivity index (χ4n) is 3.72. The molecule has 18 heavy (non-hydrogen) atoms. The van der Waals surface area contributed by atoms with E-state index in [1.165, 1.54) is 0 Å². The number of carbonyl (C=O) groups excluding carboxylic acids is 2. The summed E-state index contributed by atoms with van der Waals surface area (Å²) in [6.45, 7) is 7.42. The number of nitrogens with one attached hydrogen (secondary N) is 1. The van der Waals surface area contributed by atoms with E-state index in [1.807, 2.05) is 0 Å². The highest BCUT2D eigenvalue weighted by Crippen LogP contribution is 2.45. The van der Waals surface area contributed by atoms with Crippen LogP contribution in [0.1, 0.15) is 46.0 Å². The van der Waals surface area contributed by atoms with Crippen LogP contribution in [-0.2, 0) is 9.59 Å². The van der Waals surface area contributed by atoms with Crippen molar-refractivity contribution in [3.63, 3.8) is 0 Å². The summed E-state index contributed by atoms with van der Waals surface area (Å²) in [7, 11) is 0. The largest absolute Gasteiger partial charge is 0.304 e. The summed E-state index contributed by atoms with van der Waals surface area (Å²) in [5.41, 5.74) is -0.0713. The molecule has 4 nitrogen and oxygen atoms in total. The molecule has 0 radical (unpaired) electrons. The van der Waals surface area contributed by atoms with Crippen molar-refractivity contribution in [2.45, 2.75) is 46.0 Å². The number of nitrogens with zero attached hydrogens (tertiary/aromatic N) is 1. The molecule has 2 atom stereocenters. The van der Waals surface area contributed by atoms with Crippen molar-refractivity contribution in [3.05, 3.63) is 0 Å². The van der Waals surface area contributed by atoms with E-state index in [1.54, 1.807) is 0 Å². The van der Waals surface area contributed by atoms with E-state index in [2.05, 4.69) is 24.1 Å². The zero-order valence-electron chi connectivity index (χ0n) is 11.5. The van der Waals surface area contributed by atoms with Crippen molar-refractivity contribution < 1.29 is 9.59 Å². The first-order valence-electron chi connectivity index (χ1n) is 7.17. The number of piperidine rings is 1. The monoisotopic (exact) mass is 252 g/mol. The molecule has 0 bridgehead atoms. The number of amides is 2. The van der Waals surface area contributed by atoms with Crippen molar-refractivity contribution in [2.24, 2.45) is 11.3 Å². The lowest BCUT2D eigenvalue weighted by atomic mass is 9.64. The summed E-state index contributed by atoms with van der Waals surface area (Å²) in [4.78, 5) is 26.2. The highest BCUT2D eigenvalue weighted by molar-refractivity contribution is 5.99. The fourth-order valence-corrected chi connectivity index (χ4v) is 3.72. The standard InChI is InChI=1S/C14H24N2O2/c1-3-11-13(18)15-12(17)10-14(11)6-5-8-16(4-2)9-7-14/h11H,3-10H2,1-2H3,(H,15,17,18). The van der Waals surface area contributed by atoms with Gasteiger partial charge in [0.1, 0.15) is 0 Å². The second kappa shape index (κ2) is 5.39. The Kier molecular flexibility index (Phi) is 4.05. The van der Waals surface area contributed by atoms with E-state index in [4.69, 9.17) is 0 Å². The molecule has 2 heterocycles. The Morgan fingerprint density at radius 2 is 2.06 bits per heavy atom. The predicted octanol–water partition coefficient (Wildman–Crippen LogP) is 1.55. The van der Waals surface area contributed by atoms with E-state index >= 15 is 0 Å². The van der Waals surface area contributed by atoms with Gasteiger partial charge < -0.3 is 4.90 Å². The number of carbonyl (C=O) groups is 2. The van der Waals surface area contributed by atoms with Crippen LogP contribution in [0.5, 0.6) is 0 Å². The summed E-state index contributed by atoms with van der Waals surface area (Å²) < 4.78 is 0. The van der Waals surface area contributed by atoms with Crippen LogP contribution in [0.25, 0.3) is 0 Å². The minimum Gasteiger partial charge on any atom is -0.304 e. The van der Waals surface area contributed by atoms with Gasteiger partial charge in [-0.05, 0) is 50.7 Å². The van der Waals surface area contributed by atoms with E-state index in [-0.39, 0.29) is 23.1 Å². The van der Waals surface area contributed by atoms with Crippen molar-refractivity contribution >= 4 is 11.8 Å². The van der Waals surface area contributed by atoms with Crippen molar-refractivity contribution in [3.8, 4) is 0 Å². The Hall–Kier alpha value is -0.900. The zero-order chi connectivity index (χ0) is 13.2. The molecule has 0 aromatic heterocycles. The van der Waals surface area contributed by atoms with Crippen LogP contribution in [0.4, 0.5) is 0 Å². The molecule has 0 aromatic carbocycles. The third kappa shape index (κ3) is 2.44. The summed E-state index contributed by atoms with van der Waals surface area (Å²) in [6.07, 6.45) is 4.48. The molecule has 0 aromatic rings. The quantitative estimate of drug-likeness (QED) is 0.759. The van der Waals surface area contributed by atoms with Crippen LogP contribution in [0.15, 0.2) is 0 Å². The zero-order valence-corrected chi connectivity index (χ0v) is 11.5. The molecule has 0 aliphatic carbocycles. The Balaban J connectivity index is 2.20. The van der Waals surface area contributed by atoms with Crippen molar-refractivity contribution in [2.75, 3.05) is 19.6 Å². The van der Waals surface area contributed by atoms with Gasteiger partial charge in [-0.2, -0.15) is 0 Å². The van der Waals surface area contributed by atoms with Gasteiger partial charge in [0.15, 0.2) is 0 Å². The van der Waals surface area contributed by atoms with E-state index in [0.717, 1.165) is 45.3 Å². The van der Waals surface area contributed by atoms with Gasteiger partial charge in [-0.1, -0.05) is 13.8 Å². The Labute approximate surface area is 109 Å². The second-order valence-electron chi connectivity index (χ2n) is 5.70. The molecule has 2 fully saturated rings. The molecule has 4 heteroatoms. The summed E-state index contributed by atoms with van der Waals surface area (Å²) in [6, 6.07) is 0. The SMILES string of the molecule is CCC1C(=O)NC(=O)CC12CCCN(CC)CC2. The van der Waals surface area contributed by atoms with Gasteiger partial charge >= 0.3 is 0 Å². The molecule has 2 unspecified atom stereocenters. The van der Waals surface area contributed by atoms with Crippen LogP contribution in [0, 0.1) is 11.3 Å². The molecule has 2 rings (SSSR count). The normalized spacial score (nSPS) is 34.4. The number of imide groups is 1. The summed E-state index contributed by atoms with van der Waals surface area (Å²) in [5.74, 6) is -0.0969. The molecule has 2 aliphatic heterocycles. The summed E-state index contributed by atoms with van der Waals surface area (Å²) >= 11 is 0. The number of likely N-dealkylation sites (tertiary alicyclic amines) is 1. The number of hydrogen-bond acceptors (Lipinski definition) is 3. The van der Waals surface area contributed by atoms with Gasteiger partial charge in [-0.25, -0.2) is 0 Å². The van der Waals surface area contributed by atoms with Crippen molar-refractivity contribution in [1.82, 2.24) is 10.2 Å².